The minimum absolute atomic E-state index is 0.0148. The molecule has 234 valence electrons. The molecule has 43 heavy (non-hydrogen) atoms. The maximum Gasteiger partial charge on any atom is 0.410 e. The van der Waals surface area contributed by atoms with Gasteiger partial charge in [-0.2, -0.15) is 0 Å². The van der Waals surface area contributed by atoms with E-state index < -0.39 is 34.7 Å². The molecule has 0 bridgehead atoms. The third-order valence-corrected chi connectivity index (χ3v) is 7.54. The molecule has 11 nitrogen and oxygen atoms in total. The number of methoxy groups -OCH3 is 1. The average molecular weight is 597 g/mol. The number of nitrogens with zero attached hydrogens (tertiary/aromatic N) is 2. The molecule has 0 radical (unpaired) electrons. The topological polar surface area (TPSA) is 140 Å². The number of nitro benzene ring substituents is 1. The molecule has 1 fully saturated rings. The number of aryl methyl sites for hydroxylation is 1. The van der Waals surface area contributed by atoms with Crippen LogP contribution in [0.25, 0.3) is 0 Å². The highest BCUT2D eigenvalue weighted by molar-refractivity contribution is 5.88. The molecule has 2 aromatic rings. The summed E-state index contributed by atoms with van der Waals surface area (Å²) < 4.78 is 11.4. The van der Waals surface area contributed by atoms with Crippen molar-refractivity contribution in [2.75, 3.05) is 20.2 Å². The fourth-order valence-corrected chi connectivity index (χ4v) is 5.29. The lowest BCUT2D eigenvalue weighted by atomic mass is 9.94. The average Bonchev–Trinajstić information content (AvgIpc) is 3.45. The van der Waals surface area contributed by atoms with Gasteiger partial charge in [0.25, 0.3) is 5.69 Å². The summed E-state index contributed by atoms with van der Waals surface area (Å²) in [6.07, 6.45) is 1.73. The van der Waals surface area contributed by atoms with Gasteiger partial charge in [0.15, 0.2) is 0 Å². The fourth-order valence-electron chi connectivity index (χ4n) is 5.29. The number of benzene rings is 2. The van der Waals surface area contributed by atoms with Crippen molar-refractivity contribution >= 4 is 23.6 Å². The van der Waals surface area contributed by atoms with E-state index in [1.54, 1.807) is 24.0 Å². The van der Waals surface area contributed by atoms with Crippen LogP contribution in [0.5, 0.6) is 0 Å². The first-order valence-electron chi connectivity index (χ1n) is 14.8. The van der Waals surface area contributed by atoms with E-state index in [1.165, 1.54) is 19.2 Å². The van der Waals surface area contributed by atoms with Crippen LogP contribution in [0.4, 0.5) is 10.5 Å². The van der Waals surface area contributed by atoms with Crippen molar-refractivity contribution in [3.05, 3.63) is 75.8 Å². The Morgan fingerprint density at radius 2 is 1.67 bits per heavy atom. The van der Waals surface area contributed by atoms with E-state index in [0.29, 0.717) is 38.8 Å². The minimum Gasteiger partial charge on any atom is -0.444 e. The SMILES string of the molecule is CO[C@H]([C@@H](C)C(=O)NC(CCc1ccc([N+](=O)[O-])cc1)C(=O)NCCc1ccccc1)[C@@H]1CCCN1C(=O)OC(C)(C)C. The number of non-ortho nitro benzene ring substituents is 1. The van der Waals surface area contributed by atoms with Gasteiger partial charge in [0.05, 0.1) is 23.0 Å². The molecule has 2 N–H and O–H groups in total. The van der Waals surface area contributed by atoms with E-state index in [1.807, 2.05) is 51.1 Å². The van der Waals surface area contributed by atoms with Crippen LogP contribution in [0.2, 0.25) is 0 Å². The molecule has 1 unspecified atom stereocenters. The van der Waals surface area contributed by atoms with Gasteiger partial charge in [-0.1, -0.05) is 49.4 Å². The zero-order valence-corrected chi connectivity index (χ0v) is 25.7. The number of hydrogen-bond donors (Lipinski definition) is 2. The van der Waals surface area contributed by atoms with Gasteiger partial charge in [0, 0.05) is 32.3 Å². The largest absolute Gasteiger partial charge is 0.444 e. The molecular formula is C32H44N4O7. The number of hydrogen-bond acceptors (Lipinski definition) is 7. The second-order valence-electron chi connectivity index (χ2n) is 11.9. The van der Waals surface area contributed by atoms with Gasteiger partial charge in [0.2, 0.25) is 11.8 Å². The van der Waals surface area contributed by atoms with Crippen LogP contribution in [0, 0.1) is 16.0 Å². The van der Waals surface area contributed by atoms with E-state index in [9.17, 15) is 24.5 Å². The summed E-state index contributed by atoms with van der Waals surface area (Å²) in [6.45, 7) is 8.06. The first-order chi connectivity index (χ1) is 20.4. The van der Waals surface area contributed by atoms with Crippen LogP contribution >= 0.6 is 0 Å². The van der Waals surface area contributed by atoms with Crippen LogP contribution in [0.1, 0.15) is 58.1 Å². The molecule has 0 saturated carbocycles. The number of carbonyl (C=O) groups is 3. The third kappa shape index (κ3) is 10.1. The molecule has 0 aromatic heterocycles. The van der Waals surface area contributed by atoms with Crippen LogP contribution in [0.15, 0.2) is 54.6 Å². The van der Waals surface area contributed by atoms with Crippen LogP contribution in [-0.2, 0) is 31.9 Å². The lowest BCUT2D eigenvalue weighted by Crippen LogP contribution is -2.54. The molecule has 11 heteroatoms. The maximum absolute atomic E-state index is 13.6. The molecule has 4 atom stereocenters. The van der Waals surface area contributed by atoms with Gasteiger partial charge in [-0.25, -0.2) is 4.79 Å². The Balaban J connectivity index is 1.70. The van der Waals surface area contributed by atoms with Crippen molar-refractivity contribution in [1.29, 1.82) is 0 Å². The van der Waals surface area contributed by atoms with E-state index >= 15 is 0 Å². The number of likely N-dealkylation sites (tertiary alicyclic amines) is 1. The van der Waals surface area contributed by atoms with Crippen molar-refractivity contribution in [3.8, 4) is 0 Å². The minimum atomic E-state index is -0.844. The lowest BCUT2D eigenvalue weighted by Gasteiger charge is -2.35. The second kappa shape index (κ2) is 15.5. The van der Waals surface area contributed by atoms with E-state index in [2.05, 4.69) is 10.6 Å². The molecule has 1 saturated heterocycles. The van der Waals surface area contributed by atoms with Crippen LogP contribution in [-0.4, -0.2) is 71.7 Å². The monoisotopic (exact) mass is 596 g/mol. The third-order valence-electron chi connectivity index (χ3n) is 7.54. The normalized spacial score (nSPS) is 17.0. The van der Waals surface area contributed by atoms with Gasteiger partial charge < -0.3 is 25.0 Å². The van der Waals surface area contributed by atoms with Crippen molar-refractivity contribution in [2.45, 2.75) is 83.6 Å². The number of rotatable bonds is 13. The van der Waals surface area contributed by atoms with Crippen molar-refractivity contribution < 1.29 is 28.8 Å². The van der Waals surface area contributed by atoms with Crippen LogP contribution in [0.3, 0.4) is 0 Å². The van der Waals surface area contributed by atoms with Gasteiger partial charge in [-0.3, -0.25) is 19.7 Å². The Morgan fingerprint density at radius 3 is 2.28 bits per heavy atom. The summed E-state index contributed by atoms with van der Waals surface area (Å²) in [5, 5.41) is 16.9. The number of amides is 3. The van der Waals surface area contributed by atoms with Gasteiger partial charge >= 0.3 is 6.09 Å². The van der Waals surface area contributed by atoms with E-state index in [4.69, 9.17) is 9.47 Å². The second-order valence-corrected chi connectivity index (χ2v) is 11.9. The number of ether oxygens (including phenoxy) is 2. The summed E-state index contributed by atoms with van der Waals surface area (Å²) in [5.41, 5.74) is 1.22. The zero-order chi connectivity index (χ0) is 31.6. The van der Waals surface area contributed by atoms with Gasteiger partial charge in [-0.05, 0) is 64.0 Å². The molecule has 3 amide bonds. The Morgan fingerprint density at radius 1 is 1.02 bits per heavy atom. The molecule has 2 aromatic carbocycles. The highest BCUT2D eigenvalue weighted by Crippen LogP contribution is 2.28. The Bertz CT molecular complexity index is 1230. The summed E-state index contributed by atoms with van der Waals surface area (Å²) in [4.78, 5) is 51.9. The quantitative estimate of drug-likeness (QED) is 0.258. The molecule has 3 rings (SSSR count). The summed E-state index contributed by atoms with van der Waals surface area (Å²) >= 11 is 0. The molecule has 0 spiro atoms. The van der Waals surface area contributed by atoms with Crippen molar-refractivity contribution in [3.63, 3.8) is 0 Å². The molecule has 1 aliphatic rings. The number of nitrogens with one attached hydrogen (secondary N) is 2. The smallest absolute Gasteiger partial charge is 0.410 e. The van der Waals surface area contributed by atoms with Crippen molar-refractivity contribution in [2.24, 2.45) is 5.92 Å². The summed E-state index contributed by atoms with van der Waals surface area (Å²) in [5.74, 6) is -1.35. The van der Waals surface area contributed by atoms with E-state index in [0.717, 1.165) is 17.5 Å². The Labute approximate surface area is 253 Å². The fraction of sp³-hybridized carbons (Fsp3) is 0.531. The number of carbonyl (C=O) groups excluding carboxylic acids is 3. The molecule has 1 heterocycles. The molecular weight excluding hydrogens is 552 g/mol. The summed E-state index contributed by atoms with van der Waals surface area (Å²) in [6, 6.07) is 14.7. The first-order valence-corrected chi connectivity index (χ1v) is 14.8. The zero-order valence-electron chi connectivity index (χ0n) is 25.7. The lowest BCUT2D eigenvalue weighted by molar-refractivity contribution is -0.384. The molecule has 1 aliphatic heterocycles. The summed E-state index contributed by atoms with van der Waals surface area (Å²) in [7, 11) is 1.52. The predicted molar refractivity (Wildman–Crippen MR) is 162 cm³/mol. The van der Waals surface area contributed by atoms with Gasteiger partial charge in [0.1, 0.15) is 11.6 Å². The Kier molecular flexibility index (Phi) is 12.1. The van der Waals surface area contributed by atoms with Crippen molar-refractivity contribution in [1.82, 2.24) is 15.5 Å². The highest BCUT2D eigenvalue weighted by Gasteiger charge is 2.41. The molecule has 0 aliphatic carbocycles. The van der Waals surface area contributed by atoms with Gasteiger partial charge in [-0.15, -0.1) is 0 Å². The predicted octanol–water partition coefficient (Wildman–Crippen LogP) is 4.42. The highest BCUT2D eigenvalue weighted by atomic mass is 16.6. The standard InChI is InChI=1S/C32H44N4O7/c1-22(28(42-5)27-12-9-21-35(27)31(39)43-32(2,3)4)29(37)34-26(18-15-24-13-16-25(17-14-24)36(40)41)30(38)33-20-19-23-10-7-6-8-11-23/h6-8,10-11,13-14,16-17,22,26-28H,9,12,15,18-21H2,1-5H3,(H,33,38)(H,34,37)/t22-,26?,27+,28-/m1/s1. The maximum atomic E-state index is 13.6. The van der Waals surface area contributed by atoms with Crippen LogP contribution < -0.4 is 10.6 Å². The first kappa shape index (κ1) is 33.5. The number of nitro groups is 1. The Hall–Kier alpha value is -3.99. The van der Waals surface area contributed by atoms with E-state index in [-0.39, 0.29) is 23.5 Å².